The average molecular weight is 378 g/mol. The molecule has 0 unspecified atom stereocenters. The molecular weight excluding hydrogens is 352 g/mol. The summed E-state index contributed by atoms with van der Waals surface area (Å²) in [6.07, 6.45) is 2.48. The van der Waals surface area contributed by atoms with Gasteiger partial charge < -0.3 is 15.0 Å². The Bertz CT molecular complexity index is 878. The van der Waals surface area contributed by atoms with Gasteiger partial charge in [-0.1, -0.05) is 30.3 Å². The number of para-hydroxylation sites is 1. The van der Waals surface area contributed by atoms with Crippen LogP contribution < -0.4 is 10.1 Å². The van der Waals surface area contributed by atoms with Crippen LogP contribution in [0.5, 0.6) is 5.75 Å². The molecule has 2 fully saturated rings. The molecule has 1 aliphatic carbocycles. The number of carbonyl (C=O) groups is 2. The summed E-state index contributed by atoms with van der Waals surface area (Å²) < 4.78 is 5.43. The second-order valence-electron chi connectivity index (χ2n) is 7.85. The summed E-state index contributed by atoms with van der Waals surface area (Å²) in [6.45, 7) is 0.746. The zero-order valence-corrected chi connectivity index (χ0v) is 16.4. The second kappa shape index (κ2) is 7.66. The third kappa shape index (κ3) is 3.49. The van der Waals surface area contributed by atoms with Gasteiger partial charge in [0.1, 0.15) is 5.75 Å². The summed E-state index contributed by atoms with van der Waals surface area (Å²) in [5.74, 6) is 1.89. The van der Waals surface area contributed by atoms with Gasteiger partial charge in [0.25, 0.3) is 5.91 Å². The lowest BCUT2D eigenvalue weighted by Crippen LogP contribution is -2.38. The number of benzene rings is 2. The summed E-state index contributed by atoms with van der Waals surface area (Å²) >= 11 is 0. The maximum absolute atomic E-state index is 13.0. The Balaban J connectivity index is 1.47. The number of ether oxygens (including phenoxy) is 1. The molecule has 2 aromatic carbocycles. The van der Waals surface area contributed by atoms with E-state index in [1.165, 1.54) is 0 Å². The van der Waals surface area contributed by atoms with Crippen molar-refractivity contribution in [3.05, 3.63) is 54.1 Å². The third-order valence-corrected chi connectivity index (χ3v) is 6.24. The Labute approximate surface area is 165 Å². The van der Waals surface area contributed by atoms with Crippen LogP contribution in [-0.2, 0) is 4.79 Å². The summed E-state index contributed by atoms with van der Waals surface area (Å²) in [6, 6.07) is 15.8. The highest BCUT2D eigenvalue weighted by atomic mass is 16.5. The molecule has 28 heavy (non-hydrogen) atoms. The first kappa shape index (κ1) is 18.5. The number of nitrogens with one attached hydrogen (secondary N) is 1. The lowest BCUT2D eigenvalue weighted by atomic mass is 9.89. The van der Waals surface area contributed by atoms with E-state index in [1.54, 1.807) is 7.11 Å². The van der Waals surface area contributed by atoms with Crippen molar-refractivity contribution in [3.8, 4) is 16.9 Å². The number of methoxy groups -OCH3 is 1. The standard InChI is InChI=1S/C23H26N2O3/c1-25(19-11-17-13-22(26)24-14-18(17)12-19)23(27)16-9-7-15(8-10-16)20-5-3-4-6-21(20)28-2/h3-10,17-19H,11-14H2,1-2H3,(H,24,26)/t17-,18+,19-/m0/s1. The molecule has 1 saturated heterocycles. The predicted octanol–water partition coefficient (Wildman–Crippen LogP) is 3.35. The molecule has 2 amide bonds. The number of nitrogens with zero attached hydrogens (tertiary/aromatic N) is 1. The first-order valence-corrected chi connectivity index (χ1v) is 9.84. The van der Waals surface area contributed by atoms with E-state index < -0.39 is 0 Å². The first-order chi connectivity index (χ1) is 13.6. The van der Waals surface area contributed by atoms with Gasteiger partial charge in [0.2, 0.25) is 5.91 Å². The van der Waals surface area contributed by atoms with Gasteiger partial charge in [0.15, 0.2) is 0 Å². The lowest BCUT2D eigenvalue weighted by molar-refractivity contribution is -0.124. The Morgan fingerprint density at radius 3 is 2.54 bits per heavy atom. The minimum Gasteiger partial charge on any atom is -0.496 e. The predicted molar refractivity (Wildman–Crippen MR) is 108 cm³/mol. The molecule has 1 heterocycles. The van der Waals surface area contributed by atoms with Crippen molar-refractivity contribution in [1.82, 2.24) is 10.2 Å². The quantitative estimate of drug-likeness (QED) is 0.888. The molecule has 2 aliphatic rings. The Morgan fingerprint density at radius 2 is 1.79 bits per heavy atom. The molecule has 5 heteroatoms. The van der Waals surface area contributed by atoms with Crippen molar-refractivity contribution in [1.29, 1.82) is 0 Å². The van der Waals surface area contributed by atoms with Crippen LogP contribution >= 0.6 is 0 Å². The molecule has 0 spiro atoms. The van der Waals surface area contributed by atoms with Gasteiger partial charge in [0, 0.05) is 37.2 Å². The normalized spacial score (nSPS) is 23.6. The number of rotatable bonds is 4. The molecule has 5 nitrogen and oxygen atoms in total. The van der Waals surface area contributed by atoms with Crippen LogP contribution in [0.3, 0.4) is 0 Å². The van der Waals surface area contributed by atoms with Crippen LogP contribution in [0.25, 0.3) is 11.1 Å². The molecule has 1 N–H and O–H groups in total. The number of carbonyl (C=O) groups excluding carboxylic acids is 2. The van der Waals surface area contributed by atoms with Crippen LogP contribution in [0.1, 0.15) is 29.6 Å². The molecular formula is C23H26N2O3. The van der Waals surface area contributed by atoms with Gasteiger partial charge in [-0.15, -0.1) is 0 Å². The highest BCUT2D eigenvalue weighted by Crippen LogP contribution is 2.38. The maximum atomic E-state index is 13.0. The first-order valence-electron chi connectivity index (χ1n) is 9.84. The zero-order chi connectivity index (χ0) is 19.7. The van der Waals surface area contributed by atoms with E-state index >= 15 is 0 Å². The highest BCUT2D eigenvalue weighted by molar-refractivity contribution is 5.95. The van der Waals surface area contributed by atoms with Gasteiger partial charge >= 0.3 is 0 Å². The minimum atomic E-state index is 0.0366. The fourth-order valence-corrected chi connectivity index (χ4v) is 4.60. The lowest BCUT2D eigenvalue weighted by Gasteiger charge is -2.25. The van der Waals surface area contributed by atoms with Crippen molar-refractivity contribution in [2.24, 2.45) is 11.8 Å². The van der Waals surface area contributed by atoms with E-state index in [0.29, 0.717) is 23.8 Å². The van der Waals surface area contributed by atoms with Crippen molar-refractivity contribution >= 4 is 11.8 Å². The van der Waals surface area contributed by atoms with Gasteiger partial charge in [-0.3, -0.25) is 9.59 Å². The second-order valence-corrected chi connectivity index (χ2v) is 7.85. The third-order valence-electron chi connectivity index (χ3n) is 6.24. The van der Waals surface area contributed by atoms with E-state index in [2.05, 4.69) is 5.32 Å². The molecule has 1 aliphatic heterocycles. The SMILES string of the molecule is COc1ccccc1-c1ccc(C(=O)N(C)[C@H]2C[C@H]3CC(=O)NC[C@H]3C2)cc1. The van der Waals surface area contributed by atoms with Gasteiger partial charge in [0.05, 0.1) is 7.11 Å². The topological polar surface area (TPSA) is 58.6 Å². The van der Waals surface area contributed by atoms with Crippen molar-refractivity contribution in [2.45, 2.75) is 25.3 Å². The van der Waals surface area contributed by atoms with Gasteiger partial charge in [-0.05, 0) is 48.4 Å². The molecule has 0 radical (unpaired) electrons. The number of hydrogen-bond acceptors (Lipinski definition) is 3. The van der Waals surface area contributed by atoms with Crippen LogP contribution in [0.2, 0.25) is 0 Å². The van der Waals surface area contributed by atoms with Crippen LogP contribution in [-0.4, -0.2) is 43.5 Å². The molecule has 146 valence electrons. The number of fused-ring (bicyclic) bond motifs is 1. The summed E-state index contributed by atoms with van der Waals surface area (Å²) in [7, 11) is 3.54. The van der Waals surface area contributed by atoms with Crippen molar-refractivity contribution < 1.29 is 14.3 Å². The summed E-state index contributed by atoms with van der Waals surface area (Å²) in [5, 5.41) is 2.95. The molecule has 4 rings (SSSR count). The van der Waals surface area contributed by atoms with Crippen LogP contribution in [0.15, 0.2) is 48.5 Å². The molecule has 3 atom stereocenters. The summed E-state index contributed by atoms with van der Waals surface area (Å²) in [5.41, 5.74) is 2.72. The maximum Gasteiger partial charge on any atom is 0.253 e. The smallest absolute Gasteiger partial charge is 0.253 e. The van der Waals surface area contributed by atoms with Gasteiger partial charge in [-0.2, -0.15) is 0 Å². The molecule has 0 aromatic heterocycles. The Morgan fingerprint density at radius 1 is 1.07 bits per heavy atom. The molecule has 2 aromatic rings. The van der Waals surface area contributed by atoms with E-state index in [9.17, 15) is 9.59 Å². The zero-order valence-electron chi connectivity index (χ0n) is 16.4. The van der Waals surface area contributed by atoms with E-state index in [1.807, 2.05) is 60.5 Å². The fraction of sp³-hybridized carbons (Fsp3) is 0.391. The van der Waals surface area contributed by atoms with E-state index in [-0.39, 0.29) is 17.9 Å². The number of piperidine rings is 1. The highest BCUT2D eigenvalue weighted by Gasteiger charge is 2.40. The Kier molecular flexibility index (Phi) is 5.07. The number of amides is 2. The largest absolute Gasteiger partial charge is 0.496 e. The summed E-state index contributed by atoms with van der Waals surface area (Å²) in [4.78, 5) is 26.5. The van der Waals surface area contributed by atoms with E-state index in [0.717, 1.165) is 36.3 Å². The van der Waals surface area contributed by atoms with E-state index in [4.69, 9.17) is 4.74 Å². The molecule has 1 saturated carbocycles. The minimum absolute atomic E-state index is 0.0366. The van der Waals surface area contributed by atoms with Crippen LogP contribution in [0, 0.1) is 11.8 Å². The van der Waals surface area contributed by atoms with Crippen LogP contribution in [0.4, 0.5) is 0 Å². The monoisotopic (exact) mass is 378 g/mol. The van der Waals surface area contributed by atoms with Gasteiger partial charge in [-0.25, -0.2) is 0 Å². The van der Waals surface area contributed by atoms with Crippen molar-refractivity contribution in [2.75, 3.05) is 20.7 Å². The average Bonchev–Trinajstić information content (AvgIpc) is 3.16. The Hall–Kier alpha value is -2.82. The van der Waals surface area contributed by atoms with Crippen molar-refractivity contribution in [3.63, 3.8) is 0 Å². The fourth-order valence-electron chi connectivity index (χ4n) is 4.60. The molecule has 0 bridgehead atoms. The number of hydrogen-bond donors (Lipinski definition) is 1.